The Morgan fingerprint density at radius 2 is 1.79 bits per heavy atom. The number of rotatable bonds is 4. The number of amides is 1. The van der Waals surface area contributed by atoms with Gasteiger partial charge in [-0.25, -0.2) is 0 Å². The smallest absolute Gasteiger partial charge is 0.400 e. The average molecular weight is 350 g/mol. The maximum absolute atomic E-state index is 11.3. The van der Waals surface area contributed by atoms with Crippen molar-refractivity contribution in [2.24, 2.45) is 0 Å². The third-order valence-electron chi connectivity index (χ3n) is 4.51. The summed E-state index contributed by atoms with van der Waals surface area (Å²) in [5.41, 5.74) is 2.01. The Balaban J connectivity index is 2.35. The quantitative estimate of drug-likeness (QED) is 0.841. The molecule has 1 aromatic carbocycles. The largest absolute Gasteiger partial charge is 0.492 e. The Morgan fingerprint density at radius 3 is 2.29 bits per heavy atom. The lowest BCUT2D eigenvalue weighted by atomic mass is 9.77. The van der Waals surface area contributed by atoms with E-state index in [0.717, 1.165) is 16.6 Å². The number of carbonyl (C=O) groups excluding carboxylic acids is 1. The number of hydrogen-bond acceptors (Lipinski definition) is 3. The van der Waals surface area contributed by atoms with E-state index in [0.29, 0.717) is 11.6 Å². The number of hydrogen-bond donors (Lipinski definition) is 1. The predicted octanol–water partition coefficient (Wildman–Crippen LogP) is 3.80. The normalized spacial score (nSPS) is 19.5. The van der Waals surface area contributed by atoms with E-state index < -0.39 is 18.3 Å². The zero-order chi connectivity index (χ0) is 18.1. The molecule has 1 fully saturated rings. The van der Waals surface area contributed by atoms with Crippen molar-refractivity contribution in [1.29, 1.82) is 0 Å². The molecule has 1 heterocycles. The lowest BCUT2D eigenvalue weighted by molar-refractivity contribution is -0.118. The van der Waals surface area contributed by atoms with Crippen LogP contribution in [0.1, 0.15) is 45.7 Å². The predicted molar refractivity (Wildman–Crippen MR) is 98.9 cm³/mol. The van der Waals surface area contributed by atoms with Gasteiger partial charge in [-0.1, -0.05) is 23.7 Å². The molecule has 1 aromatic rings. The lowest BCUT2D eigenvalue weighted by Crippen LogP contribution is -2.41. The average Bonchev–Trinajstić information content (AvgIpc) is 2.62. The van der Waals surface area contributed by atoms with Gasteiger partial charge in [-0.15, -0.1) is 0 Å². The van der Waals surface area contributed by atoms with Gasteiger partial charge in [0.25, 0.3) is 0 Å². The summed E-state index contributed by atoms with van der Waals surface area (Å²) in [6.45, 7) is 11.9. The van der Waals surface area contributed by atoms with Crippen molar-refractivity contribution < 1.29 is 14.1 Å². The highest BCUT2D eigenvalue weighted by molar-refractivity contribution is 6.56. The first-order valence-electron chi connectivity index (χ1n) is 8.08. The van der Waals surface area contributed by atoms with Crippen LogP contribution in [0.25, 0.3) is 6.08 Å². The summed E-state index contributed by atoms with van der Waals surface area (Å²) >= 11 is 6.15. The monoisotopic (exact) mass is 349 g/mol. The Kier molecular flexibility index (Phi) is 5.48. The summed E-state index contributed by atoms with van der Waals surface area (Å²) in [4.78, 5) is 11.3. The first-order chi connectivity index (χ1) is 11.0. The summed E-state index contributed by atoms with van der Waals surface area (Å²) in [6.07, 6.45) is 1.97. The van der Waals surface area contributed by atoms with Gasteiger partial charge < -0.3 is 14.6 Å². The van der Waals surface area contributed by atoms with Crippen LogP contribution < -0.4 is 5.32 Å². The number of halogens is 1. The molecule has 0 spiro atoms. The minimum atomic E-state index is -0.513. The highest BCUT2D eigenvalue weighted by Gasteiger charge is 2.52. The zero-order valence-corrected chi connectivity index (χ0v) is 16.0. The maximum atomic E-state index is 11.3. The Labute approximate surface area is 149 Å². The number of aryl methyl sites for hydroxylation is 1. The Morgan fingerprint density at radius 1 is 1.21 bits per heavy atom. The molecule has 0 bridgehead atoms. The van der Waals surface area contributed by atoms with E-state index in [9.17, 15) is 4.79 Å². The molecule has 4 nitrogen and oxygen atoms in total. The van der Waals surface area contributed by atoms with E-state index >= 15 is 0 Å². The molecule has 1 N–H and O–H groups in total. The fourth-order valence-corrected chi connectivity index (χ4v) is 2.78. The van der Waals surface area contributed by atoms with Gasteiger partial charge in [-0.3, -0.25) is 4.79 Å². The molecule has 0 atom stereocenters. The van der Waals surface area contributed by atoms with E-state index in [1.165, 1.54) is 6.92 Å². The van der Waals surface area contributed by atoms with Gasteiger partial charge in [0.15, 0.2) is 0 Å². The number of benzene rings is 1. The van der Waals surface area contributed by atoms with Gasteiger partial charge in [0.1, 0.15) is 0 Å². The molecule has 6 heteroatoms. The molecule has 0 unspecified atom stereocenters. The first-order valence-corrected chi connectivity index (χ1v) is 8.46. The van der Waals surface area contributed by atoms with Crippen LogP contribution in [0.2, 0.25) is 5.02 Å². The second-order valence-electron chi connectivity index (χ2n) is 7.28. The van der Waals surface area contributed by atoms with Crippen molar-refractivity contribution >= 4 is 30.7 Å². The van der Waals surface area contributed by atoms with Crippen molar-refractivity contribution in [3.63, 3.8) is 0 Å². The van der Waals surface area contributed by atoms with E-state index in [-0.39, 0.29) is 5.91 Å². The Bertz CT molecular complexity index is 634. The topological polar surface area (TPSA) is 47.6 Å². The fourth-order valence-electron chi connectivity index (χ4n) is 2.49. The molecule has 2 rings (SSSR count). The number of nitrogens with one attached hydrogen (secondary N) is 1. The van der Waals surface area contributed by atoms with Crippen LogP contribution in [0.3, 0.4) is 0 Å². The van der Waals surface area contributed by atoms with Gasteiger partial charge in [0.2, 0.25) is 5.91 Å². The fraction of sp³-hybridized carbons (Fsp3) is 0.500. The van der Waals surface area contributed by atoms with E-state index in [4.69, 9.17) is 20.9 Å². The van der Waals surface area contributed by atoms with Gasteiger partial charge in [-0.05, 0) is 63.4 Å². The maximum Gasteiger partial charge on any atom is 0.492 e. The molecule has 0 aliphatic carbocycles. The second-order valence-corrected chi connectivity index (χ2v) is 7.72. The van der Waals surface area contributed by atoms with Gasteiger partial charge in [-0.2, -0.15) is 0 Å². The van der Waals surface area contributed by atoms with Crippen molar-refractivity contribution in [1.82, 2.24) is 5.32 Å². The van der Waals surface area contributed by atoms with Crippen molar-refractivity contribution in [3.8, 4) is 0 Å². The molecule has 1 aliphatic heterocycles. The van der Waals surface area contributed by atoms with Crippen LogP contribution in [-0.2, 0) is 14.1 Å². The van der Waals surface area contributed by atoms with E-state index in [2.05, 4.69) is 5.32 Å². The van der Waals surface area contributed by atoms with Crippen molar-refractivity contribution in [3.05, 3.63) is 39.8 Å². The van der Waals surface area contributed by atoms with Crippen molar-refractivity contribution in [2.75, 3.05) is 6.54 Å². The SMILES string of the molecule is CC(=O)NCC(=Cc1cc(C)cc(Cl)c1)B1OC(C)(C)C(C)(C)O1. The molecule has 0 radical (unpaired) electrons. The standard InChI is InChI=1S/C18H25BClNO3/c1-12-7-14(10-16(20)8-12)9-15(11-21-13(2)22)19-23-17(3,4)18(5,6)24-19/h7-10H,11H2,1-6H3,(H,21,22). The third-order valence-corrected chi connectivity index (χ3v) is 4.73. The minimum absolute atomic E-state index is 0.0975. The molecule has 1 aliphatic rings. The minimum Gasteiger partial charge on any atom is -0.400 e. The summed E-state index contributed by atoms with van der Waals surface area (Å²) in [7, 11) is -0.513. The molecule has 0 aromatic heterocycles. The summed E-state index contributed by atoms with van der Waals surface area (Å²) in [5, 5.41) is 3.50. The van der Waals surface area contributed by atoms with E-state index in [1.54, 1.807) is 0 Å². The van der Waals surface area contributed by atoms with Crippen LogP contribution in [0, 0.1) is 6.92 Å². The number of carbonyl (C=O) groups is 1. The summed E-state index contributed by atoms with van der Waals surface area (Å²) in [6, 6.07) is 5.82. The molecule has 1 amide bonds. The molecular weight excluding hydrogens is 324 g/mol. The van der Waals surface area contributed by atoms with Crippen LogP contribution in [0.5, 0.6) is 0 Å². The Hall–Kier alpha value is -1.30. The molecule has 1 saturated heterocycles. The van der Waals surface area contributed by atoms with Gasteiger partial charge in [0.05, 0.1) is 11.2 Å². The van der Waals surface area contributed by atoms with Gasteiger partial charge >= 0.3 is 7.12 Å². The molecule has 130 valence electrons. The van der Waals surface area contributed by atoms with Crippen LogP contribution in [-0.4, -0.2) is 30.8 Å². The highest BCUT2D eigenvalue weighted by Crippen LogP contribution is 2.38. The van der Waals surface area contributed by atoms with Crippen LogP contribution in [0.4, 0.5) is 0 Å². The lowest BCUT2D eigenvalue weighted by Gasteiger charge is -2.32. The molecule has 24 heavy (non-hydrogen) atoms. The van der Waals surface area contributed by atoms with E-state index in [1.807, 2.05) is 58.9 Å². The molecule has 0 saturated carbocycles. The second kappa shape index (κ2) is 6.91. The summed E-state index contributed by atoms with van der Waals surface area (Å²) < 4.78 is 12.2. The highest BCUT2D eigenvalue weighted by atomic mass is 35.5. The van der Waals surface area contributed by atoms with Crippen LogP contribution in [0.15, 0.2) is 23.7 Å². The van der Waals surface area contributed by atoms with Crippen LogP contribution >= 0.6 is 11.6 Å². The summed E-state index contributed by atoms with van der Waals surface area (Å²) in [5.74, 6) is -0.0975. The first kappa shape index (κ1) is 19.0. The van der Waals surface area contributed by atoms with Crippen molar-refractivity contribution in [2.45, 2.75) is 52.7 Å². The third kappa shape index (κ3) is 4.41. The molecular formula is C18H25BClNO3. The zero-order valence-electron chi connectivity index (χ0n) is 15.2. The van der Waals surface area contributed by atoms with Gasteiger partial charge in [0, 0.05) is 18.5 Å².